The fourth-order valence-corrected chi connectivity index (χ4v) is 7.45. The van der Waals surface area contributed by atoms with Crippen LogP contribution in [0.15, 0.2) is 122 Å². The van der Waals surface area contributed by atoms with Gasteiger partial charge in [-0.2, -0.15) is 29.3 Å². The van der Waals surface area contributed by atoms with Gasteiger partial charge >= 0.3 is 0 Å². The number of nitrogens with zero attached hydrogens (tertiary/aromatic N) is 9. The summed E-state index contributed by atoms with van der Waals surface area (Å²) >= 11 is 5.85. The van der Waals surface area contributed by atoms with Gasteiger partial charge in [0.2, 0.25) is 17.8 Å². The van der Waals surface area contributed by atoms with E-state index in [0.717, 1.165) is 12.8 Å². The van der Waals surface area contributed by atoms with Crippen molar-refractivity contribution in [1.29, 1.82) is 0 Å². The Labute approximate surface area is 436 Å². The van der Waals surface area contributed by atoms with Gasteiger partial charge < -0.3 is 20.4 Å². The van der Waals surface area contributed by atoms with Crippen LogP contribution in [0.1, 0.15) is 124 Å². The first-order valence-electron chi connectivity index (χ1n) is 23.8. The summed E-state index contributed by atoms with van der Waals surface area (Å²) in [5.74, 6) is 0.502. The number of hydrogen-bond donors (Lipinski definition) is 6. The molecular weight excluding hydrogens is 1000 g/mol. The average Bonchev–Trinajstić information content (AvgIpc) is 3.60. The van der Waals surface area contributed by atoms with E-state index in [9.17, 15) is 33.2 Å². The lowest BCUT2D eigenvalue weighted by atomic mass is 10.1. The summed E-state index contributed by atoms with van der Waals surface area (Å²) in [4.78, 5) is 94.1. The molecule has 0 atom stereocenters. The second kappa shape index (κ2) is 22.8. The molecule has 390 valence electrons. The quantitative estimate of drug-likeness (QED) is 0.0676. The lowest BCUT2D eigenvalue weighted by molar-refractivity contribution is 0.0992. The molecule has 3 amide bonds. The predicted molar refractivity (Wildman–Crippen MR) is 281 cm³/mol. The molecule has 76 heavy (non-hydrogen) atoms. The highest BCUT2D eigenvalue weighted by molar-refractivity contribution is 6.30. The van der Waals surface area contributed by atoms with E-state index >= 15 is 0 Å². The van der Waals surface area contributed by atoms with Crippen molar-refractivity contribution >= 4 is 46.8 Å². The normalized spacial score (nSPS) is 11.9. The average molecular weight is 1050 g/mol. The van der Waals surface area contributed by atoms with Gasteiger partial charge in [0.25, 0.3) is 34.4 Å². The Hall–Kier alpha value is -9.38. The number of amides is 3. The summed E-state index contributed by atoms with van der Waals surface area (Å²) in [6, 6.07) is 24.8. The number of anilines is 3. The number of H-pyrrole nitrogens is 3. The third-order valence-electron chi connectivity index (χ3n) is 11.2. The van der Waals surface area contributed by atoms with Gasteiger partial charge in [0, 0.05) is 52.9 Å². The molecule has 0 spiro atoms. The van der Waals surface area contributed by atoms with Gasteiger partial charge in [-0.25, -0.2) is 19.3 Å². The molecule has 0 unspecified atom stereocenters. The second-order valence-corrected chi connectivity index (χ2v) is 18.6. The van der Waals surface area contributed by atoms with Crippen molar-refractivity contribution in [2.45, 2.75) is 79.1 Å². The minimum atomic E-state index is -0.616. The zero-order valence-corrected chi connectivity index (χ0v) is 42.9. The Balaban J connectivity index is 0.000000151. The van der Waals surface area contributed by atoms with Crippen molar-refractivity contribution in [2.24, 2.45) is 0 Å². The first kappa shape index (κ1) is 52.9. The lowest BCUT2D eigenvalue weighted by Crippen LogP contribution is -2.19. The molecule has 6 N–H and O–H groups in total. The number of benzene rings is 2. The van der Waals surface area contributed by atoms with Crippen LogP contribution in [0.4, 0.5) is 21.8 Å². The van der Waals surface area contributed by atoms with Crippen LogP contribution >= 0.6 is 11.6 Å². The standard InChI is InChI=1S/C18H18ClN5O2.C18H16FN5O2.C16H17N5O3/c1-10(2)14-9-16(25)22-18(20-14)24-15(8-11(3)23-24)21-17(26)12-4-6-13(19)7-5-12;1-10-8-15(21-17(26)12-4-2-3-5-13(12)19)24(23-10)18-20-14(11-6-7-11)9-16(25)22-18;1-9(2)11-8-14(22)19-16(17-11)21-13(7-10(3)20-21)18-15(23)12-5-4-6-24-12/h4-10H,1-3H3,(H,21,26)(H,20,22,25);2-5,8-9,11H,6-7H2,1H3,(H,21,26)(H,20,22,25);4-9H,1-3H3,(H,18,23)(H,17,19,22). The minimum absolute atomic E-state index is 0.0777. The zero-order valence-electron chi connectivity index (χ0n) is 42.1. The van der Waals surface area contributed by atoms with E-state index < -0.39 is 17.6 Å². The molecule has 0 aliphatic heterocycles. The largest absolute Gasteiger partial charge is 0.459 e. The number of halogens is 2. The highest BCUT2D eigenvalue weighted by Crippen LogP contribution is 2.38. The Morgan fingerprint density at radius 3 is 1.53 bits per heavy atom. The van der Waals surface area contributed by atoms with E-state index in [1.54, 1.807) is 81.4 Å². The van der Waals surface area contributed by atoms with Crippen molar-refractivity contribution in [3.63, 3.8) is 0 Å². The van der Waals surface area contributed by atoms with Crippen LogP contribution in [0.2, 0.25) is 5.02 Å². The molecule has 7 heterocycles. The summed E-state index contributed by atoms with van der Waals surface area (Å²) in [5, 5.41) is 21.6. The molecule has 1 aliphatic rings. The molecule has 2 aromatic carbocycles. The number of hydrogen-bond acceptors (Lipinski definition) is 13. The molecule has 1 aliphatic carbocycles. The van der Waals surface area contributed by atoms with Gasteiger partial charge in [-0.3, -0.25) is 43.7 Å². The molecule has 0 radical (unpaired) electrons. The molecule has 24 heteroatoms. The van der Waals surface area contributed by atoms with Gasteiger partial charge in [-0.1, -0.05) is 51.4 Å². The first-order chi connectivity index (χ1) is 36.3. The summed E-state index contributed by atoms with van der Waals surface area (Å²) in [5.41, 5.74) is 3.51. The van der Waals surface area contributed by atoms with E-state index in [1.165, 1.54) is 56.7 Å². The number of carbonyl (C=O) groups is 3. The molecule has 22 nitrogen and oxygen atoms in total. The number of furan rings is 1. The Morgan fingerprint density at radius 1 is 0.605 bits per heavy atom. The van der Waals surface area contributed by atoms with Crippen LogP contribution in [0.5, 0.6) is 0 Å². The van der Waals surface area contributed by atoms with Crippen LogP contribution in [0, 0.1) is 26.6 Å². The van der Waals surface area contributed by atoms with Crippen LogP contribution in [-0.4, -0.2) is 77.0 Å². The third kappa shape index (κ3) is 13.0. The maximum absolute atomic E-state index is 13.8. The van der Waals surface area contributed by atoms with Crippen LogP contribution in [0.3, 0.4) is 0 Å². The van der Waals surface area contributed by atoms with E-state index in [1.807, 2.05) is 27.7 Å². The molecule has 0 bridgehead atoms. The number of carbonyl (C=O) groups excluding carboxylic acids is 3. The Bertz CT molecular complexity index is 3760. The Morgan fingerprint density at radius 2 is 1.07 bits per heavy atom. The molecular formula is C52H51ClFN15O7. The summed E-state index contributed by atoms with van der Waals surface area (Å²) < 4.78 is 23.1. The van der Waals surface area contributed by atoms with Gasteiger partial charge in [0.15, 0.2) is 5.76 Å². The number of nitrogens with one attached hydrogen (secondary N) is 6. The fraction of sp³-hybridized carbons (Fsp3) is 0.231. The number of rotatable bonds is 12. The summed E-state index contributed by atoms with van der Waals surface area (Å²) in [7, 11) is 0. The van der Waals surface area contributed by atoms with Crippen LogP contribution in [0.25, 0.3) is 17.8 Å². The molecule has 9 aromatic rings. The van der Waals surface area contributed by atoms with E-state index in [4.69, 9.17) is 16.0 Å². The number of aromatic nitrogens is 12. The predicted octanol–water partition coefficient (Wildman–Crippen LogP) is 8.06. The molecule has 7 aromatic heterocycles. The van der Waals surface area contributed by atoms with Crippen molar-refractivity contribution in [3.05, 3.63) is 196 Å². The van der Waals surface area contributed by atoms with E-state index in [2.05, 4.69) is 61.2 Å². The van der Waals surface area contributed by atoms with E-state index in [-0.39, 0.29) is 63.6 Å². The van der Waals surface area contributed by atoms with Crippen molar-refractivity contribution < 1.29 is 23.2 Å². The highest BCUT2D eigenvalue weighted by Gasteiger charge is 2.27. The maximum Gasteiger partial charge on any atom is 0.292 e. The summed E-state index contributed by atoms with van der Waals surface area (Å²) in [6.45, 7) is 13.1. The number of aromatic amines is 3. The van der Waals surface area contributed by atoms with Crippen LogP contribution < -0.4 is 32.6 Å². The Kier molecular flexibility index (Phi) is 15.9. The van der Waals surface area contributed by atoms with Crippen molar-refractivity contribution in [2.75, 3.05) is 16.0 Å². The third-order valence-corrected chi connectivity index (χ3v) is 11.5. The minimum Gasteiger partial charge on any atom is -0.459 e. The molecule has 10 rings (SSSR count). The van der Waals surface area contributed by atoms with Crippen molar-refractivity contribution in [3.8, 4) is 17.8 Å². The van der Waals surface area contributed by atoms with Crippen molar-refractivity contribution in [1.82, 2.24) is 59.2 Å². The molecule has 1 saturated carbocycles. The van der Waals surface area contributed by atoms with Gasteiger partial charge in [-0.15, -0.1) is 0 Å². The smallest absolute Gasteiger partial charge is 0.292 e. The SMILES string of the molecule is Cc1cc(NC(=O)c2ccc(Cl)cc2)n(-c2nc(C(C)C)cc(=O)[nH]2)n1.Cc1cc(NC(=O)c2ccccc2F)n(-c2nc(C3CC3)cc(=O)[nH]2)n1.Cc1cc(NC(=O)c2ccco2)n(-c2nc(C(C)C)cc(=O)[nH]2)n1. The highest BCUT2D eigenvalue weighted by atomic mass is 35.5. The van der Waals surface area contributed by atoms with E-state index in [0.29, 0.717) is 68.1 Å². The molecule has 1 fully saturated rings. The van der Waals surface area contributed by atoms with Gasteiger partial charge in [0.1, 0.15) is 23.3 Å². The second-order valence-electron chi connectivity index (χ2n) is 18.1. The van der Waals surface area contributed by atoms with Gasteiger partial charge in [0.05, 0.1) is 46.0 Å². The first-order valence-corrected chi connectivity index (χ1v) is 24.2. The fourth-order valence-electron chi connectivity index (χ4n) is 7.32. The maximum atomic E-state index is 13.8. The lowest BCUT2D eigenvalue weighted by Gasteiger charge is -2.10. The monoisotopic (exact) mass is 1050 g/mol. The molecule has 0 saturated heterocycles. The van der Waals surface area contributed by atoms with Gasteiger partial charge in [-0.05, 0) is 94.0 Å². The topological polar surface area (TPSA) is 291 Å². The van der Waals surface area contributed by atoms with Crippen LogP contribution in [-0.2, 0) is 0 Å². The number of aryl methyl sites for hydroxylation is 3. The summed E-state index contributed by atoms with van der Waals surface area (Å²) in [6.07, 6.45) is 3.43. The zero-order chi connectivity index (χ0) is 54.4.